The van der Waals surface area contributed by atoms with Crippen molar-refractivity contribution in [1.82, 2.24) is 0 Å². The van der Waals surface area contributed by atoms with E-state index in [4.69, 9.17) is 0 Å². The Labute approximate surface area is 172 Å². The van der Waals surface area contributed by atoms with E-state index in [1.165, 1.54) is 50.9 Å². The fourth-order valence-electron chi connectivity index (χ4n) is 6.46. The molecule has 1 N–H and O–H groups in total. The van der Waals surface area contributed by atoms with E-state index < -0.39 is 0 Å². The zero-order valence-corrected chi connectivity index (χ0v) is 16.9. The van der Waals surface area contributed by atoms with E-state index in [-0.39, 0.29) is 5.97 Å². The van der Waals surface area contributed by atoms with Gasteiger partial charge in [-0.25, -0.2) is 4.79 Å². The summed E-state index contributed by atoms with van der Waals surface area (Å²) >= 11 is 0. The highest BCUT2D eigenvalue weighted by Crippen LogP contribution is 2.60. The van der Waals surface area contributed by atoms with Crippen LogP contribution in [-0.2, 0) is 9.53 Å². The van der Waals surface area contributed by atoms with Gasteiger partial charge in [0.25, 0.3) is 0 Å². The third-order valence-electron chi connectivity index (χ3n) is 7.47. The van der Waals surface area contributed by atoms with Gasteiger partial charge in [-0.2, -0.15) is 0 Å². The van der Waals surface area contributed by atoms with Crippen LogP contribution in [0.15, 0.2) is 48.5 Å². The second-order valence-corrected chi connectivity index (χ2v) is 9.21. The molecule has 150 valence electrons. The summed E-state index contributed by atoms with van der Waals surface area (Å²) in [4.78, 5) is 11.2. The number of hydrogen-bond donors (Lipinski definition) is 1. The fraction of sp³-hybridized carbons (Fsp3) is 0.423. The third-order valence-corrected chi connectivity index (χ3v) is 7.47. The standard InChI is InChI=1S/C26H28O3/c1-29-25(28)9-4-16-2-5-19(6-3-16)20-7-8-23(24(27)15-20)26-21-11-17-10-18(13-21)14-22(26)12-17/h2-9,15,17-18,21-22,26-27H,10-14H2,1H3. The largest absolute Gasteiger partial charge is 0.508 e. The van der Waals surface area contributed by atoms with E-state index in [1.807, 2.05) is 30.3 Å². The van der Waals surface area contributed by atoms with Gasteiger partial charge in [0, 0.05) is 6.08 Å². The third kappa shape index (κ3) is 3.48. The van der Waals surface area contributed by atoms with Gasteiger partial charge in [0.05, 0.1) is 7.11 Å². The lowest BCUT2D eigenvalue weighted by Crippen LogP contribution is -2.43. The molecule has 6 rings (SSSR count). The average molecular weight is 389 g/mol. The molecule has 4 aliphatic carbocycles. The highest BCUT2D eigenvalue weighted by Gasteiger charge is 2.49. The Bertz CT molecular complexity index is 913. The van der Waals surface area contributed by atoms with Crippen molar-refractivity contribution in [3.8, 4) is 16.9 Å². The van der Waals surface area contributed by atoms with E-state index in [1.54, 1.807) is 6.08 Å². The Morgan fingerprint density at radius 3 is 2.14 bits per heavy atom. The van der Waals surface area contributed by atoms with Crippen LogP contribution in [0.3, 0.4) is 0 Å². The van der Waals surface area contributed by atoms with Gasteiger partial charge < -0.3 is 9.84 Å². The first-order valence-corrected chi connectivity index (χ1v) is 10.8. The van der Waals surface area contributed by atoms with Crippen molar-refractivity contribution >= 4 is 12.0 Å². The van der Waals surface area contributed by atoms with Gasteiger partial charge in [-0.15, -0.1) is 0 Å². The van der Waals surface area contributed by atoms with Crippen molar-refractivity contribution in [3.05, 3.63) is 59.7 Å². The molecule has 4 bridgehead atoms. The summed E-state index contributed by atoms with van der Waals surface area (Å²) in [5.41, 5.74) is 4.19. The van der Waals surface area contributed by atoms with Crippen molar-refractivity contribution < 1.29 is 14.6 Å². The van der Waals surface area contributed by atoms with Gasteiger partial charge >= 0.3 is 5.97 Å². The Kier molecular flexibility index (Phi) is 4.69. The van der Waals surface area contributed by atoms with Gasteiger partial charge in [0.2, 0.25) is 0 Å². The minimum absolute atomic E-state index is 0.362. The molecule has 0 spiro atoms. The van der Waals surface area contributed by atoms with Crippen LogP contribution in [0, 0.1) is 23.7 Å². The number of aromatic hydroxyl groups is 1. The van der Waals surface area contributed by atoms with Crippen molar-refractivity contribution in [2.75, 3.05) is 7.11 Å². The van der Waals surface area contributed by atoms with Gasteiger partial charge in [0.15, 0.2) is 0 Å². The second-order valence-electron chi connectivity index (χ2n) is 9.21. The van der Waals surface area contributed by atoms with Crippen LogP contribution in [0.5, 0.6) is 5.75 Å². The molecule has 0 saturated heterocycles. The Morgan fingerprint density at radius 1 is 0.931 bits per heavy atom. The molecule has 4 fully saturated rings. The van der Waals surface area contributed by atoms with Crippen LogP contribution in [0.25, 0.3) is 17.2 Å². The Morgan fingerprint density at radius 2 is 1.55 bits per heavy atom. The van der Waals surface area contributed by atoms with Crippen molar-refractivity contribution in [2.45, 2.75) is 38.0 Å². The van der Waals surface area contributed by atoms with E-state index >= 15 is 0 Å². The number of phenols is 1. The number of phenolic OH excluding ortho intramolecular Hbond substituents is 1. The molecule has 2 aromatic carbocycles. The molecule has 0 atom stereocenters. The van der Waals surface area contributed by atoms with Crippen molar-refractivity contribution in [3.63, 3.8) is 0 Å². The van der Waals surface area contributed by atoms with E-state index in [9.17, 15) is 9.90 Å². The van der Waals surface area contributed by atoms with E-state index in [2.05, 4.69) is 16.9 Å². The molecule has 3 nitrogen and oxygen atoms in total. The maximum absolute atomic E-state index is 11.2. The number of carbonyl (C=O) groups excluding carboxylic acids is 1. The maximum atomic E-state index is 11.2. The predicted molar refractivity (Wildman–Crippen MR) is 114 cm³/mol. The van der Waals surface area contributed by atoms with Crippen molar-refractivity contribution in [2.24, 2.45) is 23.7 Å². The second kappa shape index (κ2) is 7.37. The normalized spacial score (nSPS) is 30.0. The summed E-state index contributed by atoms with van der Waals surface area (Å²) in [6, 6.07) is 14.2. The van der Waals surface area contributed by atoms with Crippen LogP contribution in [0.2, 0.25) is 0 Å². The lowest BCUT2D eigenvalue weighted by atomic mass is 9.50. The van der Waals surface area contributed by atoms with Crippen LogP contribution in [-0.4, -0.2) is 18.2 Å². The minimum atomic E-state index is -0.362. The van der Waals surface area contributed by atoms with Gasteiger partial charge in [0.1, 0.15) is 5.75 Å². The minimum Gasteiger partial charge on any atom is -0.508 e. The summed E-state index contributed by atoms with van der Waals surface area (Å²) in [6.45, 7) is 0. The van der Waals surface area contributed by atoms with Gasteiger partial charge in [-0.1, -0.05) is 36.4 Å². The maximum Gasteiger partial charge on any atom is 0.330 e. The monoisotopic (exact) mass is 388 g/mol. The fourth-order valence-corrected chi connectivity index (χ4v) is 6.46. The number of methoxy groups -OCH3 is 1. The number of carbonyl (C=O) groups is 1. The van der Waals surface area contributed by atoms with E-state index in [0.717, 1.165) is 40.4 Å². The summed E-state index contributed by atoms with van der Waals surface area (Å²) in [6.07, 6.45) is 10.1. The predicted octanol–water partition coefficient (Wildman–Crippen LogP) is 5.79. The topological polar surface area (TPSA) is 46.5 Å². The molecular weight excluding hydrogens is 360 g/mol. The zero-order valence-electron chi connectivity index (χ0n) is 16.9. The molecule has 0 unspecified atom stereocenters. The first-order valence-electron chi connectivity index (χ1n) is 10.8. The zero-order chi connectivity index (χ0) is 20.0. The highest BCUT2D eigenvalue weighted by molar-refractivity contribution is 5.87. The summed E-state index contributed by atoms with van der Waals surface area (Å²) in [5, 5.41) is 10.9. The summed E-state index contributed by atoms with van der Waals surface area (Å²) in [7, 11) is 1.37. The Balaban J connectivity index is 1.36. The molecule has 4 aliphatic rings. The number of ether oxygens (including phenoxy) is 1. The first-order chi connectivity index (χ1) is 14.1. The molecule has 0 heterocycles. The molecule has 2 aromatic rings. The molecule has 4 saturated carbocycles. The van der Waals surface area contributed by atoms with Crippen LogP contribution < -0.4 is 0 Å². The number of benzene rings is 2. The van der Waals surface area contributed by atoms with Crippen LogP contribution in [0.1, 0.15) is 49.1 Å². The SMILES string of the molecule is COC(=O)C=Cc1ccc(-c2ccc(C3C4CC5CC(C4)CC3C5)c(O)c2)cc1. The lowest BCUT2D eigenvalue weighted by Gasteiger charge is -2.54. The smallest absolute Gasteiger partial charge is 0.330 e. The average Bonchev–Trinajstić information content (AvgIpc) is 2.72. The molecule has 0 radical (unpaired) electrons. The van der Waals surface area contributed by atoms with E-state index in [0.29, 0.717) is 11.7 Å². The molecular formula is C26H28O3. The molecule has 0 amide bonds. The van der Waals surface area contributed by atoms with Gasteiger partial charge in [-0.3, -0.25) is 0 Å². The molecule has 0 aliphatic heterocycles. The van der Waals surface area contributed by atoms with Crippen molar-refractivity contribution in [1.29, 1.82) is 0 Å². The highest BCUT2D eigenvalue weighted by atomic mass is 16.5. The Hall–Kier alpha value is -2.55. The number of rotatable bonds is 4. The van der Waals surface area contributed by atoms with Crippen LogP contribution >= 0.6 is 0 Å². The summed E-state index contributed by atoms with van der Waals surface area (Å²) in [5.74, 6) is 4.06. The van der Waals surface area contributed by atoms with Crippen LogP contribution in [0.4, 0.5) is 0 Å². The lowest BCUT2D eigenvalue weighted by molar-refractivity contribution is -0.134. The first kappa shape index (κ1) is 18.5. The number of hydrogen-bond acceptors (Lipinski definition) is 3. The molecule has 29 heavy (non-hydrogen) atoms. The van der Waals surface area contributed by atoms with Gasteiger partial charge in [-0.05, 0) is 96.1 Å². The summed E-state index contributed by atoms with van der Waals surface area (Å²) < 4.78 is 4.62. The molecule has 0 aromatic heterocycles. The molecule has 3 heteroatoms. The quantitative estimate of drug-likeness (QED) is 0.533. The number of esters is 1.